The van der Waals surface area contributed by atoms with Gasteiger partial charge < -0.3 is 20.1 Å². The second-order valence-electron chi connectivity index (χ2n) is 6.01. The first-order chi connectivity index (χ1) is 11.3. The molecule has 1 heterocycles. The molecule has 122 valence electrons. The number of anilines is 1. The van der Waals surface area contributed by atoms with Gasteiger partial charge in [-0.25, -0.2) is 4.79 Å². The van der Waals surface area contributed by atoms with Crippen molar-refractivity contribution in [3.8, 4) is 18.1 Å². The van der Waals surface area contributed by atoms with Gasteiger partial charge in [0.2, 0.25) is 0 Å². The summed E-state index contributed by atoms with van der Waals surface area (Å²) in [6.07, 6.45) is 9.75. The molecule has 2 amide bonds. The van der Waals surface area contributed by atoms with Gasteiger partial charge in [-0.3, -0.25) is 0 Å². The fourth-order valence-corrected chi connectivity index (χ4v) is 3.45. The maximum atomic E-state index is 12.2. The maximum Gasteiger partial charge on any atom is 0.319 e. The molecule has 1 aliphatic heterocycles. The number of rotatable bonds is 4. The summed E-state index contributed by atoms with van der Waals surface area (Å²) in [4.78, 5) is 12.2. The van der Waals surface area contributed by atoms with Crippen LogP contribution in [0, 0.1) is 18.3 Å². The number of terminal acetylenes is 1. The second kappa shape index (κ2) is 7.38. The minimum absolute atomic E-state index is 0.167. The molecule has 0 aromatic heterocycles. The lowest BCUT2D eigenvalue weighted by molar-refractivity contribution is 0.0553. The van der Waals surface area contributed by atoms with Gasteiger partial charge in [-0.1, -0.05) is 5.92 Å². The van der Waals surface area contributed by atoms with Crippen LogP contribution >= 0.6 is 0 Å². The number of carbonyl (C=O) groups is 1. The monoisotopic (exact) mass is 314 g/mol. The smallest absolute Gasteiger partial charge is 0.319 e. The molecular weight excluding hydrogens is 292 g/mol. The number of nitrogens with one attached hydrogen (secondary N) is 2. The lowest BCUT2D eigenvalue weighted by Crippen LogP contribution is -2.47. The molecule has 0 unspecified atom stereocenters. The van der Waals surface area contributed by atoms with Crippen LogP contribution in [0.4, 0.5) is 10.5 Å². The van der Waals surface area contributed by atoms with Crippen molar-refractivity contribution in [2.75, 3.05) is 18.5 Å². The predicted molar refractivity (Wildman–Crippen MR) is 88.4 cm³/mol. The molecule has 0 bridgehead atoms. The first kappa shape index (κ1) is 15.7. The Morgan fingerprint density at radius 1 is 1.30 bits per heavy atom. The first-order valence-corrected chi connectivity index (χ1v) is 8.11. The van der Waals surface area contributed by atoms with Crippen LogP contribution in [0.3, 0.4) is 0 Å². The lowest BCUT2D eigenvalue weighted by atomic mass is 9.82. The molecule has 2 N–H and O–H groups in total. The third kappa shape index (κ3) is 3.96. The highest BCUT2D eigenvalue weighted by Gasteiger charge is 2.38. The summed E-state index contributed by atoms with van der Waals surface area (Å²) in [6, 6.07) is 7.21. The Hall–Kier alpha value is -2.19. The van der Waals surface area contributed by atoms with Crippen molar-refractivity contribution >= 4 is 11.7 Å². The van der Waals surface area contributed by atoms with Crippen LogP contribution in [0.1, 0.15) is 25.7 Å². The molecule has 5 heteroatoms. The van der Waals surface area contributed by atoms with Crippen molar-refractivity contribution in [1.29, 1.82) is 0 Å². The average Bonchev–Trinajstić information content (AvgIpc) is 3.04. The Bertz CT molecular complexity index is 579. The van der Waals surface area contributed by atoms with Gasteiger partial charge in [-0.05, 0) is 49.9 Å². The molecule has 1 aromatic rings. The molecule has 1 saturated heterocycles. The Morgan fingerprint density at radius 2 is 2.13 bits per heavy atom. The molecule has 0 radical (unpaired) electrons. The van der Waals surface area contributed by atoms with Gasteiger partial charge in [0.15, 0.2) is 0 Å². The minimum atomic E-state index is -0.167. The standard InChI is InChI=1S/C18H22N2O3/c1-2-11-22-14-8-6-13(7-9-14)19-18(21)20-16-4-3-5-17-15(16)10-12-23-17/h1,6-9,15-17H,3-5,10-12H2,(H2,19,20,21)/t15-,16+,17-/m0/s1. The van der Waals surface area contributed by atoms with E-state index >= 15 is 0 Å². The highest BCUT2D eigenvalue weighted by Crippen LogP contribution is 2.34. The quantitative estimate of drug-likeness (QED) is 0.840. The van der Waals surface area contributed by atoms with Crippen LogP contribution in [0.25, 0.3) is 0 Å². The van der Waals surface area contributed by atoms with Crippen LogP contribution < -0.4 is 15.4 Å². The minimum Gasteiger partial charge on any atom is -0.481 e. The highest BCUT2D eigenvalue weighted by molar-refractivity contribution is 5.89. The molecule has 1 saturated carbocycles. The normalized spacial score (nSPS) is 26.0. The van der Waals surface area contributed by atoms with E-state index in [1.54, 1.807) is 24.3 Å². The zero-order chi connectivity index (χ0) is 16.1. The van der Waals surface area contributed by atoms with E-state index in [1.165, 1.54) is 0 Å². The Kier molecular flexibility index (Phi) is 5.04. The summed E-state index contributed by atoms with van der Waals surface area (Å²) in [5.74, 6) is 3.55. The fraction of sp³-hybridized carbons (Fsp3) is 0.500. The number of ether oxygens (including phenoxy) is 2. The topological polar surface area (TPSA) is 59.6 Å². The number of amides is 2. The fourth-order valence-electron chi connectivity index (χ4n) is 3.45. The number of benzene rings is 1. The number of carbonyl (C=O) groups excluding carboxylic acids is 1. The van der Waals surface area contributed by atoms with E-state index in [-0.39, 0.29) is 18.7 Å². The van der Waals surface area contributed by atoms with Crippen molar-refractivity contribution in [3.63, 3.8) is 0 Å². The average molecular weight is 314 g/mol. The van der Waals surface area contributed by atoms with E-state index < -0.39 is 0 Å². The van der Waals surface area contributed by atoms with Crippen LogP contribution in [0.2, 0.25) is 0 Å². The van der Waals surface area contributed by atoms with Gasteiger partial charge in [0.05, 0.1) is 6.10 Å². The van der Waals surface area contributed by atoms with Crippen LogP contribution in [0.5, 0.6) is 5.75 Å². The molecule has 0 spiro atoms. The summed E-state index contributed by atoms with van der Waals surface area (Å²) in [5, 5.41) is 5.97. The lowest BCUT2D eigenvalue weighted by Gasteiger charge is -2.33. The third-order valence-electron chi connectivity index (χ3n) is 4.53. The number of fused-ring (bicyclic) bond motifs is 1. The molecule has 2 aliphatic rings. The second-order valence-corrected chi connectivity index (χ2v) is 6.01. The first-order valence-electron chi connectivity index (χ1n) is 8.11. The molecule has 1 aliphatic carbocycles. The zero-order valence-electron chi connectivity index (χ0n) is 13.1. The maximum absolute atomic E-state index is 12.2. The van der Waals surface area contributed by atoms with E-state index in [4.69, 9.17) is 15.9 Å². The molecule has 3 rings (SSSR count). The highest BCUT2D eigenvalue weighted by atomic mass is 16.5. The van der Waals surface area contributed by atoms with Crippen molar-refractivity contribution in [1.82, 2.24) is 5.32 Å². The molecule has 23 heavy (non-hydrogen) atoms. The summed E-state index contributed by atoms with van der Waals surface area (Å²) in [7, 11) is 0. The number of hydrogen-bond donors (Lipinski definition) is 2. The predicted octanol–water partition coefficient (Wildman–Crippen LogP) is 2.78. The number of urea groups is 1. The largest absolute Gasteiger partial charge is 0.481 e. The third-order valence-corrected chi connectivity index (χ3v) is 4.53. The Labute approximate surface area is 136 Å². The molecule has 5 nitrogen and oxygen atoms in total. The van der Waals surface area contributed by atoms with Crippen molar-refractivity contribution < 1.29 is 14.3 Å². The summed E-state index contributed by atoms with van der Waals surface area (Å²) in [6.45, 7) is 1.05. The van der Waals surface area contributed by atoms with Crippen molar-refractivity contribution in [2.24, 2.45) is 5.92 Å². The van der Waals surface area contributed by atoms with E-state index in [0.717, 1.165) is 38.0 Å². The van der Waals surface area contributed by atoms with Gasteiger partial charge in [0, 0.05) is 24.3 Å². The number of hydrogen-bond acceptors (Lipinski definition) is 3. The summed E-state index contributed by atoms with van der Waals surface area (Å²) >= 11 is 0. The SMILES string of the molecule is C#CCOc1ccc(NC(=O)N[C@@H]2CCC[C@@H]3OCC[C@H]32)cc1. The van der Waals surface area contributed by atoms with Gasteiger partial charge in [-0.15, -0.1) is 6.42 Å². The van der Waals surface area contributed by atoms with Crippen LogP contribution in [-0.4, -0.2) is 31.4 Å². The molecule has 1 aromatic carbocycles. The Balaban J connectivity index is 1.51. The van der Waals surface area contributed by atoms with Gasteiger partial charge in [-0.2, -0.15) is 0 Å². The van der Waals surface area contributed by atoms with Crippen molar-refractivity contribution in [2.45, 2.75) is 37.8 Å². The van der Waals surface area contributed by atoms with Gasteiger partial charge in [0.25, 0.3) is 0 Å². The van der Waals surface area contributed by atoms with Crippen LogP contribution in [-0.2, 0) is 4.74 Å². The van der Waals surface area contributed by atoms with E-state index in [0.29, 0.717) is 17.8 Å². The molecule has 2 fully saturated rings. The van der Waals surface area contributed by atoms with Gasteiger partial charge in [0.1, 0.15) is 12.4 Å². The summed E-state index contributed by atoms with van der Waals surface area (Å²) < 4.78 is 11.0. The van der Waals surface area contributed by atoms with Gasteiger partial charge >= 0.3 is 6.03 Å². The molecular formula is C18H22N2O3. The van der Waals surface area contributed by atoms with E-state index in [1.807, 2.05) is 0 Å². The summed E-state index contributed by atoms with van der Waals surface area (Å²) in [5.41, 5.74) is 0.727. The van der Waals surface area contributed by atoms with E-state index in [2.05, 4.69) is 16.6 Å². The van der Waals surface area contributed by atoms with Crippen molar-refractivity contribution in [3.05, 3.63) is 24.3 Å². The van der Waals surface area contributed by atoms with E-state index in [9.17, 15) is 4.79 Å². The Morgan fingerprint density at radius 3 is 2.91 bits per heavy atom. The van der Waals surface area contributed by atoms with Crippen LogP contribution in [0.15, 0.2) is 24.3 Å². The molecule has 3 atom stereocenters. The zero-order valence-corrected chi connectivity index (χ0v) is 13.1.